The highest BCUT2D eigenvalue weighted by atomic mass is 31.1. The van der Waals surface area contributed by atoms with Crippen molar-refractivity contribution in [3.63, 3.8) is 0 Å². The van der Waals surface area contributed by atoms with Crippen LogP contribution < -0.4 is 4.74 Å². The first-order valence-corrected chi connectivity index (χ1v) is 7.50. The molecule has 4 heteroatoms. The molecule has 1 aromatic carbocycles. The van der Waals surface area contributed by atoms with E-state index in [0.717, 1.165) is 31.4 Å². The van der Waals surface area contributed by atoms with Crippen molar-refractivity contribution in [2.75, 3.05) is 6.61 Å². The molecule has 1 atom stereocenters. The van der Waals surface area contributed by atoms with Crippen molar-refractivity contribution >= 4 is 8.03 Å². The standard InChI is InChI=1S/C13H19O3P/c14-17(15)13(9-5-2-6-10-13)11-16-12-7-3-1-4-8-12/h1,3-4,7-8,17H,2,5-6,9-11H2,(H,14,15). The number of para-hydroxylation sites is 1. The lowest BCUT2D eigenvalue weighted by atomic mass is 9.89. The van der Waals surface area contributed by atoms with Gasteiger partial charge in [0.1, 0.15) is 12.4 Å². The summed E-state index contributed by atoms with van der Waals surface area (Å²) in [5.74, 6) is 0.778. The van der Waals surface area contributed by atoms with Gasteiger partial charge >= 0.3 is 0 Å². The molecule has 0 bridgehead atoms. The van der Waals surface area contributed by atoms with Gasteiger partial charge in [-0.3, -0.25) is 4.57 Å². The summed E-state index contributed by atoms with van der Waals surface area (Å²) in [4.78, 5) is 9.57. The summed E-state index contributed by atoms with van der Waals surface area (Å²) in [6, 6.07) is 9.50. The molecule has 0 aliphatic heterocycles. The lowest BCUT2D eigenvalue weighted by Crippen LogP contribution is -2.34. The quantitative estimate of drug-likeness (QED) is 0.839. The van der Waals surface area contributed by atoms with E-state index < -0.39 is 13.2 Å². The Labute approximate surface area is 103 Å². The van der Waals surface area contributed by atoms with Crippen molar-refractivity contribution in [3.8, 4) is 5.75 Å². The van der Waals surface area contributed by atoms with Gasteiger partial charge in [-0.15, -0.1) is 0 Å². The average Bonchev–Trinajstić information content (AvgIpc) is 2.38. The molecular weight excluding hydrogens is 235 g/mol. The van der Waals surface area contributed by atoms with Gasteiger partial charge < -0.3 is 9.63 Å². The Kier molecular flexibility index (Phi) is 4.25. The third-order valence-electron chi connectivity index (χ3n) is 3.52. The topological polar surface area (TPSA) is 46.5 Å². The zero-order chi connectivity index (χ0) is 12.1. The minimum absolute atomic E-state index is 0.366. The lowest BCUT2D eigenvalue weighted by molar-refractivity contribution is 0.217. The summed E-state index contributed by atoms with van der Waals surface area (Å²) in [7, 11) is -2.54. The minimum Gasteiger partial charge on any atom is -0.492 e. The molecule has 1 saturated carbocycles. The fourth-order valence-corrected chi connectivity index (χ4v) is 3.36. The second kappa shape index (κ2) is 5.70. The van der Waals surface area contributed by atoms with Gasteiger partial charge in [0.25, 0.3) is 0 Å². The number of benzene rings is 1. The highest BCUT2D eigenvalue weighted by Gasteiger charge is 2.38. The second-order valence-corrected chi connectivity index (χ2v) is 6.42. The van der Waals surface area contributed by atoms with Gasteiger partial charge in [-0.25, -0.2) is 0 Å². The minimum atomic E-state index is -2.54. The Morgan fingerprint density at radius 1 is 1.18 bits per heavy atom. The van der Waals surface area contributed by atoms with E-state index in [4.69, 9.17) is 4.74 Å². The van der Waals surface area contributed by atoms with Crippen LogP contribution in [0.5, 0.6) is 5.75 Å². The summed E-state index contributed by atoms with van der Waals surface area (Å²) in [5, 5.41) is -0.487. The molecule has 0 heterocycles. The Balaban J connectivity index is 2.01. The third-order valence-corrected chi connectivity index (χ3v) is 5.07. The molecule has 3 nitrogen and oxygen atoms in total. The molecule has 1 aliphatic carbocycles. The van der Waals surface area contributed by atoms with Crippen molar-refractivity contribution < 1.29 is 14.2 Å². The summed E-state index contributed by atoms with van der Waals surface area (Å²) in [6.45, 7) is 0.366. The SMILES string of the molecule is O=[PH](O)C1(COc2ccccc2)CCCCC1. The van der Waals surface area contributed by atoms with Gasteiger partial charge in [-0.2, -0.15) is 0 Å². The smallest absolute Gasteiger partial charge is 0.198 e. The molecule has 0 radical (unpaired) electrons. The Bertz CT molecular complexity index is 372. The van der Waals surface area contributed by atoms with Gasteiger partial charge in [0.05, 0.1) is 5.16 Å². The van der Waals surface area contributed by atoms with Gasteiger partial charge in [-0.1, -0.05) is 37.5 Å². The highest BCUT2D eigenvalue weighted by molar-refractivity contribution is 7.40. The molecule has 1 unspecified atom stereocenters. The molecule has 0 aromatic heterocycles. The first-order chi connectivity index (χ1) is 8.23. The zero-order valence-electron chi connectivity index (χ0n) is 9.89. The van der Waals surface area contributed by atoms with Crippen LogP contribution in [0.2, 0.25) is 0 Å². The summed E-state index contributed by atoms with van der Waals surface area (Å²) in [6.07, 6.45) is 4.87. The molecule has 94 valence electrons. The molecule has 1 aromatic rings. The molecule has 0 spiro atoms. The molecular formula is C13H19O3P. The Morgan fingerprint density at radius 3 is 2.41 bits per heavy atom. The van der Waals surface area contributed by atoms with Crippen LogP contribution in [-0.4, -0.2) is 16.7 Å². The second-order valence-electron chi connectivity index (χ2n) is 4.75. The predicted octanol–water partition coefficient (Wildman–Crippen LogP) is 3.24. The number of ether oxygens (including phenoxy) is 1. The maximum absolute atomic E-state index is 11.6. The van der Waals surface area contributed by atoms with Gasteiger partial charge in [0.2, 0.25) is 0 Å². The van der Waals surface area contributed by atoms with Crippen LogP contribution in [-0.2, 0) is 4.57 Å². The van der Waals surface area contributed by atoms with E-state index in [1.807, 2.05) is 30.3 Å². The lowest BCUT2D eigenvalue weighted by Gasteiger charge is -2.34. The van der Waals surface area contributed by atoms with Crippen LogP contribution in [0, 0.1) is 0 Å². The van der Waals surface area contributed by atoms with Gasteiger partial charge in [0.15, 0.2) is 8.03 Å². The Hall–Kier alpha value is -0.790. The number of rotatable bonds is 4. The highest BCUT2D eigenvalue weighted by Crippen LogP contribution is 2.46. The number of hydrogen-bond donors (Lipinski definition) is 1. The fourth-order valence-electron chi connectivity index (χ4n) is 2.39. The third kappa shape index (κ3) is 3.11. The van der Waals surface area contributed by atoms with Crippen LogP contribution in [0.15, 0.2) is 30.3 Å². The van der Waals surface area contributed by atoms with Crippen molar-refractivity contribution in [1.82, 2.24) is 0 Å². The van der Waals surface area contributed by atoms with Crippen molar-refractivity contribution in [2.24, 2.45) is 0 Å². The van der Waals surface area contributed by atoms with E-state index in [-0.39, 0.29) is 0 Å². The first-order valence-electron chi connectivity index (χ1n) is 6.14. The van der Waals surface area contributed by atoms with Gasteiger partial charge in [0, 0.05) is 0 Å². The molecule has 1 N–H and O–H groups in total. The predicted molar refractivity (Wildman–Crippen MR) is 69.0 cm³/mol. The maximum Gasteiger partial charge on any atom is 0.198 e. The van der Waals surface area contributed by atoms with E-state index in [0.29, 0.717) is 6.61 Å². The summed E-state index contributed by atoms with van der Waals surface area (Å²) >= 11 is 0. The van der Waals surface area contributed by atoms with E-state index >= 15 is 0 Å². The molecule has 0 amide bonds. The maximum atomic E-state index is 11.6. The monoisotopic (exact) mass is 254 g/mol. The molecule has 1 fully saturated rings. The first kappa shape index (κ1) is 12.7. The van der Waals surface area contributed by atoms with E-state index in [9.17, 15) is 9.46 Å². The van der Waals surface area contributed by atoms with E-state index in [1.54, 1.807) is 0 Å². The summed E-state index contributed by atoms with van der Waals surface area (Å²) in [5.41, 5.74) is 0. The molecule has 2 rings (SSSR count). The van der Waals surface area contributed by atoms with Crippen LogP contribution in [0.25, 0.3) is 0 Å². The van der Waals surface area contributed by atoms with Crippen molar-refractivity contribution in [3.05, 3.63) is 30.3 Å². The van der Waals surface area contributed by atoms with Crippen LogP contribution in [0.3, 0.4) is 0 Å². The van der Waals surface area contributed by atoms with Crippen LogP contribution in [0.1, 0.15) is 32.1 Å². The fraction of sp³-hybridized carbons (Fsp3) is 0.538. The van der Waals surface area contributed by atoms with Gasteiger partial charge in [-0.05, 0) is 25.0 Å². The number of hydrogen-bond acceptors (Lipinski definition) is 2. The van der Waals surface area contributed by atoms with Crippen molar-refractivity contribution in [2.45, 2.75) is 37.3 Å². The van der Waals surface area contributed by atoms with Crippen LogP contribution >= 0.6 is 8.03 Å². The Morgan fingerprint density at radius 2 is 1.82 bits per heavy atom. The largest absolute Gasteiger partial charge is 0.492 e. The normalized spacial score (nSPS) is 20.8. The van der Waals surface area contributed by atoms with E-state index in [1.165, 1.54) is 6.42 Å². The molecule has 1 aliphatic rings. The average molecular weight is 254 g/mol. The molecule has 17 heavy (non-hydrogen) atoms. The van der Waals surface area contributed by atoms with Crippen molar-refractivity contribution in [1.29, 1.82) is 0 Å². The van der Waals surface area contributed by atoms with E-state index in [2.05, 4.69) is 0 Å². The van der Waals surface area contributed by atoms with Crippen LogP contribution in [0.4, 0.5) is 0 Å². The zero-order valence-corrected chi connectivity index (χ0v) is 10.9. The summed E-state index contributed by atoms with van der Waals surface area (Å²) < 4.78 is 17.3. The molecule has 0 saturated heterocycles.